The summed E-state index contributed by atoms with van der Waals surface area (Å²) in [5.41, 5.74) is 2.19. The van der Waals surface area contributed by atoms with Crippen LogP contribution in [0.4, 0.5) is 4.79 Å². The van der Waals surface area contributed by atoms with Crippen molar-refractivity contribution in [1.82, 2.24) is 15.8 Å². The molecule has 0 spiro atoms. The number of carbonyl (C=O) groups excluding carboxylic acids is 2. The highest BCUT2D eigenvalue weighted by Crippen LogP contribution is 1.64. The lowest BCUT2D eigenvalue weighted by Crippen LogP contribution is -2.43. The van der Waals surface area contributed by atoms with E-state index in [0.717, 1.165) is 5.01 Å². The van der Waals surface area contributed by atoms with Crippen LogP contribution in [0, 0.1) is 0 Å². The van der Waals surface area contributed by atoms with E-state index in [4.69, 9.17) is 0 Å². The molecule has 0 saturated heterocycles. The van der Waals surface area contributed by atoms with Crippen molar-refractivity contribution in [2.24, 2.45) is 0 Å². The molecule has 0 aromatic heterocycles. The Balaban J connectivity index is 3.46. The minimum atomic E-state index is -0.412. The highest BCUT2D eigenvalue weighted by molar-refractivity contribution is 5.74. The van der Waals surface area contributed by atoms with Gasteiger partial charge in [-0.25, -0.2) is 10.2 Å². The first-order chi connectivity index (χ1) is 4.20. The SMILES string of the molecule is CNC(=O)NN(C)C=O. The molecule has 0 saturated carbocycles. The summed E-state index contributed by atoms with van der Waals surface area (Å²) in [4.78, 5) is 20.2. The Bertz CT molecular complexity index is 114. The van der Waals surface area contributed by atoms with Gasteiger partial charge in [0, 0.05) is 14.1 Å². The molecular formula is C4H9N3O2. The van der Waals surface area contributed by atoms with Gasteiger partial charge in [0.15, 0.2) is 0 Å². The van der Waals surface area contributed by atoms with E-state index in [1.165, 1.54) is 14.1 Å². The summed E-state index contributed by atoms with van der Waals surface area (Å²) in [6.45, 7) is 0. The summed E-state index contributed by atoms with van der Waals surface area (Å²) in [6, 6.07) is -0.412. The molecule has 0 atom stereocenters. The third-order valence-electron chi connectivity index (χ3n) is 0.663. The van der Waals surface area contributed by atoms with E-state index in [0.29, 0.717) is 6.41 Å². The second-order valence-corrected chi connectivity index (χ2v) is 1.41. The maximum atomic E-state index is 10.4. The van der Waals surface area contributed by atoms with Gasteiger partial charge in [-0.2, -0.15) is 0 Å². The fraction of sp³-hybridized carbons (Fsp3) is 0.500. The maximum Gasteiger partial charge on any atom is 0.333 e. The van der Waals surface area contributed by atoms with Crippen molar-refractivity contribution in [1.29, 1.82) is 0 Å². The molecular weight excluding hydrogens is 122 g/mol. The first-order valence-corrected chi connectivity index (χ1v) is 2.37. The zero-order chi connectivity index (χ0) is 7.28. The van der Waals surface area contributed by atoms with E-state index in [1.54, 1.807) is 0 Å². The van der Waals surface area contributed by atoms with Crippen molar-refractivity contribution in [3.8, 4) is 0 Å². The van der Waals surface area contributed by atoms with Crippen LogP contribution >= 0.6 is 0 Å². The van der Waals surface area contributed by atoms with Gasteiger partial charge >= 0.3 is 6.03 Å². The standard InChI is InChI=1S/C4H9N3O2/c1-5-4(9)6-7(2)3-8/h3H,1-2H3,(H2,5,6,9). The Morgan fingerprint density at radius 1 is 1.67 bits per heavy atom. The van der Waals surface area contributed by atoms with Gasteiger partial charge < -0.3 is 5.32 Å². The minimum absolute atomic E-state index is 0.412. The van der Waals surface area contributed by atoms with Crippen LogP contribution in [-0.4, -0.2) is 31.5 Å². The monoisotopic (exact) mass is 131 g/mol. The predicted octanol–water partition coefficient (Wildman–Crippen LogP) is -1.08. The molecule has 0 aliphatic rings. The van der Waals surface area contributed by atoms with Crippen LogP contribution in [0.15, 0.2) is 0 Å². The summed E-state index contributed by atoms with van der Waals surface area (Å²) in [6.07, 6.45) is 0.495. The van der Waals surface area contributed by atoms with Gasteiger partial charge in [-0.15, -0.1) is 0 Å². The van der Waals surface area contributed by atoms with Crippen LogP contribution in [-0.2, 0) is 4.79 Å². The van der Waals surface area contributed by atoms with Crippen LogP contribution in [0.25, 0.3) is 0 Å². The number of carbonyl (C=O) groups is 2. The second kappa shape index (κ2) is 3.71. The molecule has 0 fully saturated rings. The molecule has 0 aliphatic heterocycles. The Morgan fingerprint density at radius 3 is 2.56 bits per heavy atom. The fourth-order valence-corrected chi connectivity index (χ4v) is 0.242. The van der Waals surface area contributed by atoms with E-state index in [9.17, 15) is 9.59 Å². The predicted molar refractivity (Wildman–Crippen MR) is 31.4 cm³/mol. The van der Waals surface area contributed by atoms with E-state index in [2.05, 4.69) is 10.7 Å². The molecule has 0 aromatic carbocycles. The summed E-state index contributed by atoms with van der Waals surface area (Å²) in [7, 11) is 2.90. The van der Waals surface area contributed by atoms with Gasteiger partial charge in [0.05, 0.1) is 0 Å². The van der Waals surface area contributed by atoms with Crippen LogP contribution in [0.5, 0.6) is 0 Å². The number of hydrazine groups is 1. The molecule has 0 unspecified atom stereocenters. The van der Waals surface area contributed by atoms with Crippen LogP contribution in [0.2, 0.25) is 0 Å². The summed E-state index contributed by atoms with van der Waals surface area (Å²) in [5.74, 6) is 0. The van der Waals surface area contributed by atoms with Crippen molar-refractivity contribution in [3.63, 3.8) is 0 Å². The summed E-state index contributed by atoms with van der Waals surface area (Å²) >= 11 is 0. The van der Waals surface area contributed by atoms with E-state index in [-0.39, 0.29) is 0 Å². The van der Waals surface area contributed by atoms with Crippen LogP contribution in [0.3, 0.4) is 0 Å². The number of nitrogens with zero attached hydrogens (tertiary/aromatic N) is 1. The van der Waals surface area contributed by atoms with Crippen molar-refractivity contribution in [3.05, 3.63) is 0 Å². The van der Waals surface area contributed by atoms with Gasteiger partial charge in [-0.05, 0) is 0 Å². The zero-order valence-corrected chi connectivity index (χ0v) is 5.34. The molecule has 5 nitrogen and oxygen atoms in total. The Kier molecular flexibility index (Phi) is 3.19. The molecule has 3 amide bonds. The van der Waals surface area contributed by atoms with E-state index in [1.807, 2.05) is 0 Å². The molecule has 0 bridgehead atoms. The van der Waals surface area contributed by atoms with Crippen molar-refractivity contribution < 1.29 is 9.59 Å². The third-order valence-corrected chi connectivity index (χ3v) is 0.663. The number of hydrogen-bond donors (Lipinski definition) is 2. The molecule has 9 heavy (non-hydrogen) atoms. The topological polar surface area (TPSA) is 61.4 Å². The molecule has 0 radical (unpaired) electrons. The highest BCUT2D eigenvalue weighted by Gasteiger charge is 1.95. The third kappa shape index (κ3) is 3.33. The van der Waals surface area contributed by atoms with Gasteiger partial charge in [0.2, 0.25) is 6.41 Å². The van der Waals surface area contributed by atoms with Crippen molar-refractivity contribution in [2.75, 3.05) is 14.1 Å². The fourth-order valence-electron chi connectivity index (χ4n) is 0.242. The largest absolute Gasteiger partial charge is 0.340 e. The number of rotatable bonds is 2. The van der Waals surface area contributed by atoms with Gasteiger partial charge in [0.25, 0.3) is 0 Å². The number of urea groups is 1. The lowest BCUT2D eigenvalue weighted by Gasteiger charge is -2.10. The van der Waals surface area contributed by atoms with Gasteiger partial charge in [-0.3, -0.25) is 9.80 Å². The summed E-state index contributed by atoms with van der Waals surface area (Å²) in [5, 5.41) is 3.29. The maximum absolute atomic E-state index is 10.4. The average Bonchev–Trinajstić information content (AvgIpc) is 1.87. The smallest absolute Gasteiger partial charge is 0.333 e. The minimum Gasteiger partial charge on any atom is -0.340 e. The highest BCUT2D eigenvalue weighted by atomic mass is 16.2. The molecule has 52 valence electrons. The second-order valence-electron chi connectivity index (χ2n) is 1.41. The molecule has 2 N–H and O–H groups in total. The van der Waals surface area contributed by atoms with E-state index < -0.39 is 6.03 Å². The zero-order valence-electron chi connectivity index (χ0n) is 5.34. The van der Waals surface area contributed by atoms with Crippen LogP contribution in [0.1, 0.15) is 0 Å². The molecule has 5 heteroatoms. The first-order valence-electron chi connectivity index (χ1n) is 2.37. The van der Waals surface area contributed by atoms with Crippen LogP contribution < -0.4 is 10.7 Å². The Morgan fingerprint density at radius 2 is 2.22 bits per heavy atom. The lowest BCUT2D eigenvalue weighted by atomic mass is 11.0. The number of nitrogens with one attached hydrogen (secondary N) is 2. The summed E-state index contributed by atoms with van der Waals surface area (Å²) < 4.78 is 0. The van der Waals surface area contributed by atoms with Crippen molar-refractivity contribution in [2.45, 2.75) is 0 Å². The molecule has 0 aliphatic carbocycles. The van der Waals surface area contributed by atoms with E-state index >= 15 is 0 Å². The first kappa shape index (κ1) is 7.74. The molecule has 0 heterocycles. The molecule has 0 aromatic rings. The quantitative estimate of drug-likeness (QED) is 0.370. The van der Waals surface area contributed by atoms with Gasteiger partial charge in [0.1, 0.15) is 0 Å². The normalized spacial score (nSPS) is 7.78. The molecule has 0 rings (SSSR count). The van der Waals surface area contributed by atoms with Gasteiger partial charge in [-0.1, -0.05) is 0 Å². The Labute approximate surface area is 53.0 Å². The lowest BCUT2D eigenvalue weighted by molar-refractivity contribution is -0.118. The number of hydrogen-bond acceptors (Lipinski definition) is 2. The number of amides is 3. The average molecular weight is 131 g/mol. The Hall–Kier alpha value is -1.26. The van der Waals surface area contributed by atoms with Crippen molar-refractivity contribution >= 4 is 12.4 Å².